The van der Waals surface area contributed by atoms with E-state index in [0.717, 1.165) is 12.1 Å². The summed E-state index contributed by atoms with van der Waals surface area (Å²) in [5.41, 5.74) is 2.81. The molecule has 2 aliphatic heterocycles. The quantitative estimate of drug-likeness (QED) is 0.299. The van der Waals surface area contributed by atoms with Gasteiger partial charge in [0.2, 0.25) is 11.8 Å². The fourth-order valence-corrected chi connectivity index (χ4v) is 5.76. The number of benzene rings is 2. The molecule has 3 heterocycles. The van der Waals surface area contributed by atoms with Crippen molar-refractivity contribution in [1.29, 1.82) is 0 Å². The molecule has 3 amide bonds. The maximum absolute atomic E-state index is 15.1. The summed E-state index contributed by atoms with van der Waals surface area (Å²) in [5, 5.41) is 5.29. The summed E-state index contributed by atoms with van der Waals surface area (Å²) in [6, 6.07) is 10.5. The predicted octanol–water partition coefficient (Wildman–Crippen LogP) is 7.44. The minimum Gasteiger partial charge on any atom is -0.453 e. The molecule has 0 fully saturated rings. The van der Waals surface area contributed by atoms with Gasteiger partial charge in [0.15, 0.2) is 5.82 Å². The number of nitrogens with one attached hydrogen (secondary N) is 2. The third-order valence-electron chi connectivity index (χ3n) is 7.88. The molecule has 5 rings (SSSR count). The van der Waals surface area contributed by atoms with E-state index in [-0.39, 0.29) is 40.9 Å². The molecule has 3 aromatic rings. The largest absolute Gasteiger partial charge is 0.453 e. The van der Waals surface area contributed by atoms with Crippen molar-refractivity contribution in [3.63, 3.8) is 0 Å². The lowest BCUT2D eigenvalue weighted by Gasteiger charge is -2.35. The van der Waals surface area contributed by atoms with Crippen LogP contribution in [0.15, 0.2) is 54.7 Å². The number of aromatic nitrogens is 1. The average molecular weight is 643 g/mol. The van der Waals surface area contributed by atoms with Crippen LogP contribution < -0.4 is 15.4 Å². The number of ether oxygens (including phenoxy) is 2. The van der Waals surface area contributed by atoms with Gasteiger partial charge in [-0.2, -0.15) is 8.78 Å². The van der Waals surface area contributed by atoms with Gasteiger partial charge in [-0.3, -0.25) is 19.9 Å². The summed E-state index contributed by atoms with van der Waals surface area (Å²) in [6.45, 7) is -1.24. The lowest BCUT2D eigenvalue weighted by atomic mass is 9.92. The fraction of sp³-hybridized carbons (Fsp3) is 0.312. The van der Waals surface area contributed by atoms with Crippen LogP contribution in [0.1, 0.15) is 49.9 Å². The number of hydrogen-bond donors (Lipinski definition) is 2. The van der Waals surface area contributed by atoms with Crippen LogP contribution in [-0.4, -0.2) is 48.1 Å². The Morgan fingerprint density at radius 3 is 2.69 bits per heavy atom. The van der Waals surface area contributed by atoms with Gasteiger partial charge in [-0.05, 0) is 66.8 Å². The number of carbonyl (C=O) groups is 3. The standard InChI is InChI=1S/C32H30ClF3N4O5/c1-17-4-3-5-25(40-13-11-19(15-27(40)41)28-26(45-31(35)36)9-8-22(33)29(28)34)24-14-18(10-12-37-24)21-7-6-20(38-32(43)44-2)16-23(21)39-30(17)42/h6-10,12,14-17,25,31H,3-5,11,13H2,1-2H3,(H,38,43)(H,39,42). The normalized spacial score (nSPS) is 18.6. The number of hydrogen-bond acceptors (Lipinski definition) is 6. The highest BCUT2D eigenvalue weighted by molar-refractivity contribution is 6.31. The minimum atomic E-state index is -3.19. The van der Waals surface area contributed by atoms with Crippen LogP contribution in [0.4, 0.5) is 29.3 Å². The Labute approximate surface area is 262 Å². The fourth-order valence-electron chi connectivity index (χ4n) is 5.60. The number of carbonyl (C=O) groups excluding carboxylic acids is 3. The molecule has 0 saturated carbocycles. The van der Waals surface area contributed by atoms with Crippen LogP contribution in [0.5, 0.6) is 5.75 Å². The molecule has 9 nitrogen and oxygen atoms in total. The number of anilines is 2. The smallest absolute Gasteiger partial charge is 0.411 e. The van der Waals surface area contributed by atoms with Crippen molar-refractivity contribution >= 4 is 46.5 Å². The number of nitrogens with zero attached hydrogens (tertiary/aromatic N) is 2. The number of methoxy groups -OCH3 is 1. The van der Waals surface area contributed by atoms with Crippen molar-refractivity contribution in [2.45, 2.75) is 45.3 Å². The molecule has 0 aliphatic carbocycles. The Hall–Kier alpha value is -4.58. The molecular weight excluding hydrogens is 613 g/mol. The zero-order valence-electron chi connectivity index (χ0n) is 24.4. The van der Waals surface area contributed by atoms with Gasteiger partial charge >= 0.3 is 12.7 Å². The van der Waals surface area contributed by atoms with Crippen LogP contribution in [-0.2, 0) is 14.3 Å². The first-order chi connectivity index (χ1) is 21.5. The number of alkyl halides is 2. The van der Waals surface area contributed by atoms with E-state index in [4.69, 9.17) is 11.6 Å². The van der Waals surface area contributed by atoms with Crippen molar-refractivity contribution in [3.8, 4) is 16.9 Å². The van der Waals surface area contributed by atoms with Gasteiger partial charge in [-0.1, -0.05) is 31.0 Å². The second-order valence-corrected chi connectivity index (χ2v) is 11.2. The summed E-state index contributed by atoms with van der Waals surface area (Å²) in [7, 11) is 1.25. The third kappa shape index (κ3) is 7.06. The number of halogens is 4. The summed E-state index contributed by atoms with van der Waals surface area (Å²) in [4.78, 5) is 44.8. The van der Waals surface area contributed by atoms with Crippen LogP contribution >= 0.6 is 11.6 Å². The lowest BCUT2D eigenvalue weighted by Crippen LogP contribution is -2.38. The second-order valence-electron chi connectivity index (χ2n) is 10.7. The molecule has 13 heteroatoms. The van der Waals surface area contributed by atoms with Gasteiger partial charge in [0, 0.05) is 36.0 Å². The van der Waals surface area contributed by atoms with E-state index in [2.05, 4.69) is 25.1 Å². The zero-order valence-corrected chi connectivity index (χ0v) is 25.2. The van der Waals surface area contributed by atoms with Crippen molar-refractivity contribution in [2.24, 2.45) is 5.92 Å². The van der Waals surface area contributed by atoms with Crippen molar-refractivity contribution in [2.75, 3.05) is 24.3 Å². The molecule has 2 N–H and O–H groups in total. The molecule has 2 aliphatic rings. The van der Waals surface area contributed by atoms with E-state index in [1.807, 2.05) is 13.0 Å². The van der Waals surface area contributed by atoms with E-state index in [1.165, 1.54) is 13.2 Å². The lowest BCUT2D eigenvalue weighted by molar-refractivity contribution is -0.129. The van der Waals surface area contributed by atoms with Gasteiger partial charge in [-0.25, -0.2) is 9.18 Å². The summed E-state index contributed by atoms with van der Waals surface area (Å²) in [5.74, 6) is -2.38. The van der Waals surface area contributed by atoms with Gasteiger partial charge in [-0.15, -0.1) is 0 Å². The first-order valence-electron chi connectivity index (χ1n) is 14.3. The summed E-state index contributed by atoms with van der Waals surface area (Å²) >= 11 is 5.95. The maximum Gasteiger partial charge on any atom is 0.411 e. The van der Waals surface area contributed by atoms with Gasteiger partial charge in [0.05, 0.1) is 35.1 Å². The first-order valence-corrected chi connectivity index (χ1v) is 14.6. The topological polar surface area (TPSA) is 110 Å². The van der Waals surface area contributed by atoms with Crippen LogP contribution in [0.25, 0.3) is 16.7 Å². The molecule has 0 spiro atoms. The predicted molar refractivity (Wildman–Crippen MR) is 162 cm³/mol. The Morgan fingerprint density at radius 2 is 1.96 bits per heavy atom. The highest BCUT2D eigenvalue weighted by atomic mass is 35.5. The molecule has 1 aromatic heterocycles. The Bertz CT molecular complexity index is 1670. The number of rotatable bonds is 5. The van der Waals surface area contributed by atoms with E-state index in [0.29, 0.717) is 47.5 Å². The van der Waals surface area contributed by atoms with Crippen molar-refractivity contribution < 1.29 is 37.0 Å². The van der Waals surface area contributed by atoms with Crippen LogP contribution in [0.3, 0.4) is 0 Å². The van der Waals surface area contributed by atoms with E-state index in [9.17, 15) is 23.2 Å². The average Bonchev–Trinajstić information content (AvgIpc) is 3.01. The van der Waals surface area contributed by atoms with E-state index in [1.54, 1.807) is 35.4 Å². The second kappa shape index (κ2) is 13.6. The molecule has 2 unspecified atom stereocenters. The molecule has 2 bridgehead atoms. The highest BCUT2D eigenvalue weighted by Gasteiger charge is 2.32. The highest BCUT2D eigenvalue weighted by Crippen LogP contribution is 2.40. The molecular formula is C32H30ClF3N4O5. The maximum atomic E-state index is 15.1. The van der Waals surface area contributed by atoms with Crippen molar-refractivity contribution in [3.05, 3.63) is 76.8 Å². The molecule has 0 radical (unpaired) electrons. The Balaban J connectivity index is 1.52. The molecule has 0 saturated heterocycles. The van der Waals surface area contributed by atoms with Gasteiger partial charge < -0.3 is 19.7 Å². The summed E-state index contributed by atoms with van der Waals surface area (Å²) < 4.78 is 50.4. The van der Waals surface area contributed by atoms with Gasteiger partial charge in [0.25, 0.3) is 0 Å². The zero-order chi connectivity index (χ0) is 32.2. The van der Waals surface area contributed by atoms with E-state index >= 15 is 4.39 Å². The molecule has 2 atom stereocenters. The SMILES string of the molecule is COC(=O)Nc1ccc2c(c1)NC(=O)C(C)CCCC(N1CCC(c3c(OC(F)F)ccc(Cl)c3F)=CC1=O)c1cc-2ccn1. The van der Waals surface area contributed by atoms with Crippen LogP contribution in [0.2, 0.25) is 5.02 Å². The number of amides is 3. The first kappa shape index (κ1) is 31.8. The molecule has 45 heavy (non-hydrogen) atoms. The monoisotopic (exact) mass is 642 g/mol. The summed E-state index contributed by atoms with van der Waals surface area (Å²) in [6.07, 6.45) is 3.91. The Kier molecular flexibility index (Phi) is 9.62. The van der Waals surface area contributed by atoms with Gasteiger partial charge in [0.1, 0.15) is 5.75 Å². The van der Waals surface area contributed by atoms with Crippen LogP contribution in [0, 0.1) is 11.7 Å². The molecule has 2 aromatic carbocycles. The molecule has 236 valence electrons. The minimum absolute atomic E-state index is 0.149. The number of fused-ring (bicyclic) bond motifs is 4. The van der Waals surface area contributed by atoms with E-state index < -0.39 is 36.2 Å². The Morgan fingerprint density at radius 1 is 1.16 bits per heavy atom. The van der Waals surface area contributed by atoms with Crippen molar-refractivity contribution in [1.82, 2.24) is 9.88 Å². The number of pyridine rings is 1. The third-order valence-corrected chi connectivity index (χ3v) is 8.17.